The van der Waals surface area contributed by atoms with E-state index in [0.29, 0.717) is 34.7 Å². The molecule has 29 heavy (non-hydrogen) atoms. The third kappa shape index (κ3) is 3.79. The molecule has 0 radical (unpaired) electrons. The maximum Gasteiger partial charge on any atom is 0.258 e. The third-order valence-electron chi connectivity index (χ3n) is 5.26. The Balaban J connectivity index is 1.67. The van der Waals surface area contributed by atoms with Gasteiger partial charge in [0.05, 0.1) is 5.69 Å². The van der Waals surface area contributed by atoms with Gasteiger partial charge in [0, 0.05) is 23.6 Å². The summed E-state index contributed by atoms with van der Waals surface area (Å²) in [6.45, 7) is 3.99. The van der Waals surface area contributed by atoms with E-state index in [1.165, 1.54) is 5.56 Å². The first-order chi connectivity index (χ1) is 14.1. The molecule has 4 rings (SSSR count). The summed E-state index contributed by atoms with van der Waals surface area (Å²) in [7, 11) is 0. The highest BCUT2D eigenvalue weighted by atomic mass is 16.5. The number of carbonyl (C=O) groups is 2. The van der Waals surface area contributed by atoms with Gasteiger partial charge < -0.3 is 9.64 Å². The number of fused-ring (bicyclic) bond motifs is 1. The van der Waals surface area contributed by atoms with E-state index < -0.39 is 0 Å². The first kappa shape index (κ1) is 18.9. The minimum absolute atomic E-state index is 0.0244. The molecule has 1 unspecified atom stereocenters. The fraction of sp³-hybridized carbons (Fsp3) is 0.200. The summed E-state index contributed by atoms with van der Waals surface area (Å²) < 4.78 is 5.87. The molecular formula is C25H23NO3. The Bertz CT molecular complexity index is 1040. The second-order valence-corrected chi connectivity index (χ2v) is 7.30. The van der Waals surface area contributed by atoms with Gasteiger partial charge >= 0.3 is 0 Å². The van der Waals surface area contributed by atoms with E-state index in [1.54, 1.807) is 23.1 Å². The quantitative estimate of drug-likeness (QED) is 0.582. The van der Waals surface area contributed by atoms with Crippen molar-refractivity contribution in [2.45, 2.75) is 32.7 Å². The molecule has 1 amide bonds. The van der Waals surface area contributed by atoms with Crippen molar-refractivity contribution < 1.29 is 14.3 Å². The van der Waals surface area contributed by atoms with Gasteiger partial charge in [-0.25, -0.2) is 0 Å². The largest absolute Gasteiger partial charge is 0.457 e. The fourth-order valence-corrected chi connectivity index (χ4v) is 3.68. The predicted molar refractivity (Wildman–Crippen MR) is 114 cm³/mol. The minimum Gasteiger partial charge on any atom is -0.457 e. The van der Waals surface area contributed by atoms with Gasteiger partial charge in [-0.05, 0) is 61.4 Å². The van der Waals surface area contributed by atoms with E-state index in [9.17, 15) is 9.59 Å². The van der Waals surface area contributed by atoms with Crippen LogP contribution in [0.5, 0.6) is 11.5 Å². The molecule has 0 aromatic heterocycles. The van der Waals surface area contributed by atoms with Crippen LogP contribution in [0, 0.1) is 0 Å². The lowest BCUT2D eigenvalue weighted by molar-refractivity contribution is 0.0936. The Morgan fingerprint density at radius 1 is 1.00 bits per heavy atom. The molecule has 4 nitrogen and oxygen atoms in total. The van der Waals surface area contributed by atoms with Crippen molar-refractivity contribution in [2.75, 3.05) is 4.90 Å². The predicted octanol–water partition coefficient (Wildman–Crippen LogP) is 5.66. The number of Topliss-reactive ketones (excluding diaryl/α,β-unsaturated/α-hetero) is 1. The Hall–Kier alpha value is -3.40. The molecule has 0 aliphatic carbocycles. The van der Waals surface area contributed by atoms with Crippen LogP contribution in [0.1, 0.15) is 46.5 Å². The third-order valence-corrected chi connectivity index (χ3v) is 5.26. The molecule has 3 aromatic rings. The number of ketones is 1. The molecule has 0 fully saturated rings. The monoisotopic (exact) mass is 385 g/mol. The number of rotatable bonds is 4. The molecule has 1 heterocycles. The van der Waals surface area contributed by atoms with Crippen LogP contribution >= 0.6 is 0 Å². The lowest BCUT2D eigenvalue weighted by atomic mass is 9.94. The van der Waals surface area contributed by atoms with Crippen LogP contribution in [0.3, 0.4) is 0 Å². The van der Waals surface area contributed by atoms with Crippen molar-refractivity contribution in [1.82, 2.24) is 0 Å². The molecule has 0 bridgehead atoms. The number of ether oxygens (including phenoxy) is 1. The highest BCUT2D eigenvalue weighted by molar-refractivity contribution is 6.14. The first-order valence-corrected chi connectivity index (χ1v) is 9.89. The van der Waals surface area contributed by atoms with Gasteiger partial charge in [0.25, 0.3) is 5.91 Å². The minimum atomic E-state index is -0.200. The number of benzene rings is 3. The Labute approximate surface area is 170 Å². The molecule has 0 spiro atoms. The van der Waals surface area contributed by atoms with E-state index in [4.69, 9.17) is 4.74 Å². The van der Waals surface area contributed by atoms with Crippen molar-refractivity contribution in [2.24, 2.45) is 0 Å². The van der Waals surface area contributed by atoms with Gasteiger partial charge in [0.1, 0.15) is 11.5 Å². The maximum absolute atomic E-state index is 13.2. The van der Waals surface area contributed by atoms with Crippen molar-refractivity contribution in [3.05, 3.63) is 89.5 Å². The molecule has 146 valence electrons. The summed E-state index contributed by atoms with van der Waals surface area (Å²) in [4.78, 5) is 27.7. The maximum atomic E-state index is 13.2. The molecule has 1 aliphatic rings. The van der Waals surface area contributed by atoms with Crippen molar-refractivity contribution >= 4 is 17.4 Å². The summed E-state index contributed by atoms with van der Waals surface area (Å²) in [6, 6.07) is 22.2. The summed E-state index contributed by atoms with van der Waals surface area (Å²) in [5, 5.41) is 0. The van der Waals surface area contributed by atoms with E-state index in [1.807, 2.05) is 61.5 Å². The molecule has 1 atom stereocenters. The summed E-state index contributed by atoms with van der Waals surface area (Å²) in [6.07, 6.45) is 1.22. The zero-order chi connectivity index (χ0) is 20.4. The van der Waals surface area contributed by atoms with E-state index in [0.717, 1.165) is 6.42 Å². The van der Waals surface area contributed by atoms with Crippen LogP contribution in [-0.2, 0) is 6.42 Å². The number of anilines is 1. The smallest absolute Gasteiger partial charge is 0.258 e. The molecule has 0 N–H and O–H groups in total. The normalized spacial score (nSPS) is 15.7. The zero-order valence-corrected chi connectivity index (χ0v) is 16.6. The first-order valence-electron chi connectivity index (χ1n) is 9.89. The van der Waals surface area contributed by atoms with Crippen LogP contribution in [0.4, 0.5) is 5.69 Å². The Kier molecular flexibility index (Phi) is 5.17. The highest BCUT2D eigenvalue weighted by Crippen LogP contribution is 2.35. The molecule has 0 saturated carbocycles. The van der Waals surface area contributed by atoms with Gasteiger partial charge in [-0.2, -0.15) is 0 Å². The van der Waals surface area contributed by atoms with Crippen molar-refractivity contribution in [3.63, 3.8) is 0 Å². The van der Waals surface area contributed by atoms with Crippen LogP contribution in [-0.4, -0.2) is 17.7 Å². The fourth-order valence-electron chi connectivity index (χ4n) is 3.68. The lowest BCUT2D eigenvalue weighted by Gasteiger charge is -2.34. The van der Waals surface area contributed by atoms with Crippen molar-refractivity contribution in [1.29, 1.82) is 0 Å². The highest BCUT2D eigenvalue weighted by Gasteiger charge is 2.33. The Morgan fingerprint density at radius 3 is 2.41 bits per heavy atom. The number of carbonyl (C=O) groups excluding carboxylic acids is 2. The molecule has 1 aliphatic heterocycles. The molecule has 4 heteroatoms. The molecule has 3 aromatic carbocycles. The number of para-hydroxylation sites is 1. The van der Waals surface area contributed by atoms with Crippen LogP contribution in [0.2, 0.25) is 0 Å². The number of hydrogen-bond donors (Lipinski definition) is 0. The standard InChI is InChI=1S/C25H23NO3/c1-3-18-9-11-19(12-10-18)25(28)26-17(2)15-24(27)22-16-21(13-14-23(22)26)29-20-7-5-4-6-8-20/h4-14,16-17H,3,15H2,1-2H3. The second-order valence-electron chi connectivity index (χ2n) is 7.30. The van der Waals surface area contributed by atoms with Gasteiger partial charge in [0.15, 0.2) is 5.78 Å². The summed E-state index contributed by atoms with van der Waals surface area (Å²) in [5.41, 5.74) is 2.97. The van der Waals surface area contributed by atoms with E-state index in [2.05, 4.69) is 6.92 Å². The number of aryl methyl sites for hydroxylation is 1. The van der Waals surface area contributed by atoms with Crippen molar-refractivity contribution in [3.8, 4) is 11.5 Å². The zero-order valence-electron chi connectivity index (χ0n) is 16.6. The average molecular weight is 385 g/mol. The number of amides is 1. The SMILES string of the molecule is CCc1ccc(C(=O)N2c3ccc(Oc4ccccc4)cc3C(=O)CC2C)cc1. The van der Waals surface area contributed by atoms with Crippen LogP contribution in [0.25, 0.3) is 0 Å². The number of hydrogen-bond acceptors (Lipinski definition) is 3. The molecule has 0 saturated heterocycles. The van der Waals surface area contributed by atoms with E-state index in [-0.39, 0.29) is 17.7 Å². The average Bonchev–Trinajstić information content (AvgIpc) is 2.75. The molecular weight excluding hydrogens is 362 g/mol. The second kappa shape index (κ2) is 7.92. The summed E-state index contributed by atoms with van der Waals surface area (Å²) in [5.74, 6) is 1.22. The van der Waals surface area contributed by atoms with Gasteiger partial charge in [-0.15, -0.1) is 0 Å². The Morgan fingerprint density at radius 2 is 1.72 bits per heavy atom. The van der Waals surface area contributed by atoms with Crippen LogP contribution < -0.4 is 9.64 Å². The van der Waals surface area contributed by atoms with Gasteiger partial charge in [-0.1, -0.05) is 37.3 Å². The van der Waals surface area contributed by atoms with Gasteiger partial charge in [0.2, 0.25) is 0 Å². The summed E-state index contributed by atoms with van der Waals surface area (Å²) >= 11 is 0. The van der Waals surface area contributed by atoms with Crippen LogP contribution in [0.15, 0.2) is 72.8 Å². The lowest BCUT2D eigenvalue weighted by Crippen LogP contribution is -2.44. The topological polar surface area (TPSA) is 46.6 Å². The van der Waals surface area contributed by atoms with E-state index >= 15 is 0 Å². The van der Waals surface area contributed by atoms with Gasteiger partial charge in [-0.3, -0.25) is 9.59 Å². The number of nitrogens with zero attached hydrogens (tertiary/aromatic N) is 1.